The van der Waals surface area contributed by atoms with Crippen LogP contribution in [0.2, 0.25) is 5.02 Å². The Balaban J connectivity index is 1.39. The van der Waals surface area contributed by atoms with Gasteiger partial charge in [-0.25, -0.2) is 4.39 Å². The van der Waals surface area contributed by atoms with Crippen molar-refractivity contribution in [3.63, 3.8) is 0 Å². The van der Waals surface area contributed by atoms with E-state index >= 15 is 0 Å². The first kappa shape index (κ1) is 16.4. The molecule has 1 fully saturated rings. The van der Waals surface area contributed by atoms with Crippen LogP contribution in [0.15, 0.2) is 35.1 Å². The van der Waals surface area contributed by atoms with Crippen molar-refractivity contribution in [2.24, 2.45) is 0 Å². The smallest absolute Gasteiger partial charge is 0.127 e. The number of hydrogen-bond acceptors (Lipinski definition) is 4. The first-order valence-electron chi connectivity index (χ1n) is 7.99. The van der Waals surface area contributed by atoms with Crippen molar-refractivity contribution in [1.29, 1.82) is 0 Å². The first-order chi connectivity index (χ1) is 11.2. The lowest BCUT2D eigenvalue weighted by molar-refractivity contribution is 0.124. The molecule has 0 amide bonds. The van der Waals surface area contributed by atoms with Crippen LogP contribution in [0.1, 0.15) is 17.7 Å². The summed E-state index contributed by atoms with van der Waals surface area (Å²) in [5.41, 5.74) is 1.62. The number of aromatic nitrogens is 1. The Bertz CT molecular complexity index is 592. The van der Waals surface area contributed by atoms with Gasteiger partial charge in [-0.3, -0.25) is 4.90 Å². The minimum atomic E-state index is -0.199. The van der Waals surface area contributed by atoms with Gasteiger partial charge >= 0.3 is 0 Å². The van der Waals surface area contributed by atoms with Gasteiger partial charge in [-0.2, -0.15) is 0 Å². The summed E-state index contributed by atoms with van der Waals surface area (Å²) in [6.07, 6.45) is 3.22. The lowest BCUT2D eigenvalue weighted by Gasteiger charge is -2.34. The molecule has 2 aromatic rings. The van der Waals surface area contributed by atoms with E-state index in [-0.39, 0.29) is 5.82 Å². The summed E-state index contributed by atoms with van der Waals surface area (Å²) in [5, 5.41) is 4.48. The molecule has 124 valence electrons. The van der Waals surface area contributed by atoms with Gasteiger partial charge in [-0.15, -0.1) is 0 Å². The fraction of sp³-hybridized carbons (Fsp3) is 0.471. The van der Waals surface area contributed by atoms with Gasteiger partial charge in [0, 0.05) is 49.4 Å². The van der Waals surface area contributed by atoms with Crippen molar-refractivity contribution in [3.8, 4) is 0 Å². The minimum Gasteiger partial charge on any atom is -0.364 e. The molecule has 23 heavy (non-hydrogen) atoms. The van der Waals surface area contributed by atoms with Crippen LogP contribution >= 0.6 is 11.6 Å². The topological polar surface area (TPSA) is 32.5 Å². The Morgan fingerprint density at radius 3 is 2.61 bits per heavy atom. The molecule has 0 bridgehead atoms. The van der Waals surface area contributed by atoms with E-state index in [2.05, 4.69) is 15.0 Å². The Morgan fingerprint density at radius 2 is 1.91 bits per heavy atom. The molecule has 1 aliphatic heterocycles. The number of hydrogen-bond donors (Lipinski definition) is 0. The minimum absolute atomic E-state index is 0.199. The normalized spacial score (nSPS) is 16.8. The van der Waals surface area contributed by atoms with Crippen LogP contribution in [-0.2, 0) is 13.0 Å². The van der Waals surface area contributed by atoms with Gasteiger partial charge in [-0.05, 0) is 31.5 Å². The van der Waals surface area contributed by atoms with Gasteiger partial charge in [0.05, 0.1) is 5.69 Å². The van der Waals surface area contributed by atoms with E-state index in [0.717, 1.165) is 51.4 Å². The van der Waals surface area contributed by atoms with Crippen molar-refractivity contribution in [1.82, 2.24) is 15.0 Å². The average Bonchev–Trinajstić information content (AvgIpc) is 3.05. The molecule has 0 radical (unpaired) electrons. The van der Waals surface area contributed by atoms with E-state index in [9.17, 15) is 4.39 Å². The van der Waals surface area contributed by atoms with Crippen LogP contribution in [0.4, 0.5) is 4.39 Å². The van der Waals surface area contributed by atoms with Crippen LogP contribution in [0.5, 0.6) is 0 Å². The highest BCUT2D eigenvalue weighted by Crippen LogP contribution is 2.20. The van der Waals surface area contributed by atoms with E-state index < -0.39 is 0 Å². The molecular formula is C17H21ClFN3O. The molecule has 1 saturated heterocycles. The lowest BCUT2D eigenvalue weighted by Crippen LogP contribution is -2.46. The zero-order valence-corrected chi connectivity index (χ0v) is 13.8. The third-order valence-electron chi connectivity index (χ3n) is 4.30. The summed E-state index contributed by atoms with van der Waals surface area (Å²) in [6, 6.07) is 6.78. The van der Waals surface area contributed by atoms with E-state index in [1.54, 1.807) is 18.4 Å². The monoisotopic (exact) mass is 337 g/mol. The van der Waals surface area contributed by atoms with Crippen LogP contribution in [0, 0.1) is 5.82 Å². The summed E-state index contributed by atoms with van der Waals surface area (Å²) in [5.74, 6) is -0.199. The van der Waals surface area contributed by atoms with E-state index in [1.165, 1.54) is 6.07 Å². The molecule has 1 aliphatic rings. The third-order valence-corrected chi connectivity index (χ3v) is 4.66. The first-order valence-corrected chi connectivity index (χ1v) is 8.37. The summed E-state index contributed by atoms with van der Waals surface area (Å²) in [4.78, 5) is 4.80. The van der Waals surface area contributed by atoms with Crippen LogP contribution in [0.3, 0.4) is 0 Å². The highest BCUT2D eigenvalue weighted by atomic mass is 35.5. The van der Waals surface area contributed by atoms with E-state index in [4.69, 9.17) is 16.1 Å². The molecule has 4 nitrogen and oxygen atoms in total. The summed E-state index contributed by atoms with van der Waals surface area (Å²) in [7, 11) is 0. The Hall–Kier alpha value is -1.43. The van der Waals surface area contributed by atoms with Crippen molar-refractivity contribution in [3.05, 3.63) is 52.6 Å². The quantitative estimate of drug-likeness (QED) is 0.810. The van der Waals surface area contributed by atoms with Crippen molar-refractivity contribution in [2.45, 2.75) is 19.4 Å². The molecule has 0 unspecified atom stereocenters. The molecule has 0 N–H and O–H groups in total. The number of nitrogens with zero attached hydrogens (tertiary/aromatic N) is 3. The molecule has 0 saturated carbocycles. The molecule has 6 heteroatoms. The molecular weight excluding hydrogens is 317 g/mol. The Morgan fingerprint density at radius 1 is 1.13 bits per heavy atom. The summed E-state index contributed by atoms with van der Waals surface area (Å²) in [6.45, 7) is 5.92. The predicted molar refractivity (Wildman–Crippen MR) is 88.0 cm³/mol. The summed E-state index contributed by atoms with van der Waals surface area (Å²) < 4.78 is 18.6. The second kappa shape index (κ2) is 7.90. The molecule has 3 rings (SSSR count). The highest BCUT2D eigenvalue weighted by molar-refractivity contribution is 6.31. The van der Waals surface area contributed by atoms with Crippen molar-refractivity contribution >= 4 is 11.6 Å². The molecule has 2 heterocycles. The zero-order chi connectivity index (χ0) is 16.1. The third kappa shape index (κ3) is 4.53. The second-order valence-corrected chi connectivity index (χ2v) is 6.32. The maximum atomic E-state index is 13.7. The van der Waals surface area contributed by atoms with Crippen molar-refractivity contribution in [2.75, 3.05) is 32.7 Å². The van der Waals surface area contributed by atoms with Crippen LogP contribution in [0.25, 0.3) is 0 Å². The fourth-order valence-electron chi connectivity index (χ4n) is 2.97. The van der Waals surface area contributed by atoms with E-state index in [1.807, 2.05) is 6.07 Å². The molecule has 0 aliphatic carbocycles. The number of halogens is 2. The predicted octanol–water partition coefficient (Wildman–Crippen LogP) is 3.22. The van der Waals surface area contributed by atoms with Crippen LogP contribution in [-0.4, -0.2) is 47.7 Å². The largest absolute Gasteiger partial charge is 0.364 e. The van der Waals surface area contributed by atoms with Gasteiger partial charge in [0.1, 0.15) is 12.1 Å². The fourth-order valence-corrected chi connectivity index (χ4v) is 3.23. The highest BCUT2D eigenvalue weighted by Gasteiger charge is 2.17. The Labute approximate surface area is 140 Å². The molecule has 1 aromatic heterocycles. The second-order valence-electron chi connectivity index (χ2n) is 5.91. The maximum Gasteiger partial charge on any atom is 0.127 e. The summed E-state index contributed by atoms with van der Waals surface area (Å²) >= 11 is 6.06. The lowest BCUT2D eigenvalue weighted by atomic mass is 10.1. The number of benzene rings is 1. The number of rotatable bonds is 6. The van der Waals surface area contributed by atoms with Gasteiger partial charge in [-0.1, -0.05) is 22.8 Å². The Kier molecular flexibility index (Phi) is 5.65. The molecule has 1 aromatic carbocycles. The number of piperazine rings is 1. The average molecular weight is 338 g/mol. The zero-order valence-electron chi connectivity index (χ0n) is 13.0. The van der Waals surface area contributed by atoms with Crippen molar-refractivity contribution < 1.29 is 8.91 Å². The van der Waals surface area contributed by atoms with Crippen LogP contribution < -0.4 is 0 Å². The van der Waals surface area contributed by atoms with Gasteiger partial charge in [0.15, 0.2) is 0 Å². The molecule has 0 spiro atoms. The van der Waals surface area contributed by atoms with Gasteiger partial charge < -0.3 is 9.42 Å². The van der Waals surface area contributed by atoms with Gasteiger partial charge in [0.25, 0.3) is 0 Å². The molecule has 0 atom stereocenters. The maximum absolute atomic E-state index is 13.7. The standard InChI is InChI=1S/C17H21ClFN3O/c18-16-4-1-5-17(19)15(16)3-2-7-21-8-10-22(11-9-21)13-14-6-12-23-20-14/h1,4-6,12H,2-3,7-11,13H2. The van der Waals surface area contributed by atoms with Gasteiger partial charge in [0.2, 0.25) is 0 Å². The SMILES string of the molecule is Fc1cccc(Cl)c1CCCN1CCN(Cc2ccon2)CC1. The van der Waals surface area contributed by atoms with E-state index in [0.29, 0.717) is 17.0 Å².